The molecule has 126 valence electrons. The molecule has 3 rings (SSSR count). The second-order valence-corrected chi connectivity index (χ2v) is 6.37. The fourth-order valence-corrected chi connectivity index (χ4v) is 2.62. The van der Waals surface area contributed by atoms with Crippen molar-refractivity contribution in [3.63, 3.8) is 0 Å². The van der Waals surface area contributed by atoms with Crippen LogP contribution in [0.4, 0.5) is 5.88 Å². The van der Waals surface area contributed by atoms with E-state index in [0.29, 0.717) is 24.1 Å². The molecule has 1 aromatic heterocycles. The molecule has 2 aromatic carbocycles. The first-order valence-electron chi connectivity index (χ1n) is 7.69. The molecule has 0 bridgehead atoms. The maximum Gasteiger partial charge on any atom is 0.236 e. The molecule has 0 spiro atoms. The first kappa shape index (κ1) is 17.1. The molecule has 3 aromatic rings. The Bertz CT molecular complexity index is 870. The first-order valence-corrected chi connectivity index (χ1v) is 8.48. The molecule has 0 saturated carbocycles. The van der Waals surface area contributed by atoms with Crippen LogP contribution in [0, 0.1) is 11.3 Å². The molecule has 1 heterocycles. The van der Waals surface area contributed by atoms with Crippen molar-refractivity contribution in [2.45, 2.75) is 13.2 Å². The van der Waals surface area contributed by atoms with Gasteiger partial charge in [0.15, 0.2) is 6.61 Å². The summed E-state index contributed by atoms with van der Waals surface area (Å²) in [4.78, 5) is 6.09. The molecule has 0 aliphatic heterocycles. The number of anilines is 1. The van der Waals surface area contributed by atoms with Crippen molar-refractivity contribution in [2.75, 3.05) is 11.9 Å². The molecule has 0 unspecified atom stereocenters. The van der Waals surface area contributed by atoms with Crippen molar-refractivity contribution in [2.24, 2.45) is 0 Å². The third kappa shape index (κ3) is 4.40. The van der Waals surface area contributed by atoms with Gasteiger partial charge in [-0.25, -0.2) is 0 Å². The Morgan fingerprint density at radius 2 is 1.88 bits per heavy atom. The summed E-state index contributed by atoms with van der Waals surface area (Å²) >= 11 is 3.38. The van der Waals surface area contributed by atoms with Gasteiger partial charge in [0, 0.05) is 18.1 Å². The number of oxazole rings is 1. The van der Waals surface area contributed by atoms with E-state index in [1.807, 2.05) is 66.5 Å². The van der Waals surface area contributed by atoms with Gasteiger partial charge in [-0.3, -0.25) is 0 Å². The number of hydrogen-bond acceptors (Lipinski definition) is 5. The largest absolute Gasteiger partial charge is 0.484 e. The maximum absolute atomic E-state index is 9.32. The van der Waals surface area contributed by atoms with Gasteiger partial charge in [-0.15, -0.1) is 0 Å². The van der Waals surface area contributed by atoms with E-state index in [0.717, 1.165) is 10.0 Å². The van der Waals surface area contributed by atoms with Crippen molar-refractivity contribution >= 4 is 21.8 Å². The summed E-state index contributed by atoms with van der Waals surface area (Å²) in [6.45, 7) is 0.785. The molecule has 0 aliphatic carbocycles. The summed E-state index contributed by atoms with van der Waals surface area (Å²) in [7, 11) is 1.87. The lowest BCUT2D eigenvalue weighted by atomic mass is 10.2. The number of ether oxygens (including phenoxy) is 1. The normalized spacial score (nSPS) is 10.3. The second-order valence-electron chi connectivity index (χ2n) is 5.46. The van der Waals surface area contributed by atoms with Crippen LogP contribution in [0.25, 0.3) is 0 Å². The van der Waals surface area contributed by atoms with Gasteiger partial charge in [0.05, 0.1) is 0 Å². The van der Waals surface area contributed by atoms with Crippen LogP contribution >= 0.6 is 15.9 Å². The minimum absolute atomic E-state index is 0.162. The molecule has 0 fully saturated rings. The van der Waals surface area contributed by atoms with Gasteiger partial charge in [0.25, 0.3) is 0 Å². The summed E-state index contributed by atoms with van der Waals surface area (Å²) in [5.41, 5.74) is 1.38. The van der Waals surface area contributed by atoms with Gasteiger partial charge >= 0.3 is 0 Å². The lowest BCUT2D eigenvalue weighted by Gasteiger charge is -2.15. The highest BCUT2D eigenvalue weighted by Gasteiger charge is 2.17. The van der Waals surface area contributed by atoms with Gasteiger partial charge in [-0.1, -0.05) is 46.3 Å². The van der Waals surface area contributed by atoms with Gasteiger partial charge in [-0.05, 0) is 29.8 Å². The minimum atomic E-state index is 0.162. The monoisotopic (exact) mass is 397 g/mol. The van der Waals surface area contributed by atoms with Crippen LogP contribution < -0.4 is 9.64 Å². The Morgan fingerprint density at radius 3 is 2.56 bits per heavy atom. The number of nitrogens with zero attached hydrogens (tertiary/aromatic N) is 3. The van der Waals surface area contributed by atoms with E-state index in [9.17, 15) is 5.26 Å². The topological polar surface area (TPSA) is 62.3 Å². The SMILES string of the molecule is CN(Cc1ccccc1)c1oc(COc2ccc(Br)cc2)nc1C#N. The van der Waals surface area contributed by atoms with Crippen LogP contribution in [-0.2, 0) is 13.2 Å². The first-order chi connectivity index (χ1) is 12.2. The van der Waals surface area contributed by atoms with Gasteiger partial charge in [0.2, 0.25) is 17.5 Å². The molecule has 0 N–H and O–H groups in total. The highest BCUT2D eigenvalue weighted by molar-refractivity contribution is 9.10. The Kier molecular flexibility index (Phi) is 5.36. The summed E-state index contributed by atoms with van der Waals surface area (Å²) in [5.74, 6) is 1.52. The second kappa shape index (κ2) is 7.86. The molecule has 0 radical (unpaired) electrons. The number of benzene rings is 2. The van der Waals surface area contributed by atoms with Crippen LogP contribution in [0.1, 0.15) is 17.1 Å². The molecule has 5 nitrogen and oxygen atoms in total. The Labute approximate surface area is 154 Å². The smallest absolute Gasteiger partial charge is 0.236 e. The van der Waals surface area contributed by atoms with Crippen molar-refractivity contribution in [3.8, 4) is 11.8 Å². The molecule has 0 saturated heterocycles. The third-order valence-electron chi connectivity index (χ3n) is 3.54. The average molecular weight is 398 g/mol. The zero-order valence-electron chi connectivity index (χ0n) is 13.6. The van der Waals surface area contributed by atoms with Crippen molar-refractivity contribution in [1.29, 1.82) is 5.26 Å². The zero-order chi connectivity index (χ0) is 17.6. The Balaban J connectivity index is 1.70. The predicted octanol–water partition coefficient (Wildman–Crippen LogP) is 4.52. The maximum atomic E-state index is 9.32. The lowest BCUT2D eigenvalue weighted by Crippen LogP contribution is -2.16. The van der Waals surface area contributed by atoms with Gasteiger partial charge in [-0.2, -0.15) is 10.2 Å². The molecule has 25 heavy (non-hydrogen) atoms. The van der Waals surface area contributed by atoms with E-state index in [4.69, 9.17) is 9.15 Å². The Hall–Kier alpha value is -2.78. The van der Waals surface area contributed by atoms with Crippen molar-refractivity contribution < 1.29 is 9.15 Å². The Morgan fingerprint density at radius 1 is 1.16 bits per heavy atom. The number of aromatic nitrogens is 1. The number of nitriles is 1. The van der Waals surface area contributed by atoms with E-state index in [1.165, 1.54) is 0 Å². The van der Waals surface area contributed by atoms with Crippen LogP contribution in [-0.4, -0.2) is 12.0 Å². The summed E-state index contributed by atoms with van der Waals surface area (Å²) in [6, 6.07) is 19.5. The molecule has 6 heteroatoms. The molecular formula is C19H16BrN3O2. The summed E-state index contributed by atoms with van der Waals surface area (Å²) in [5, 5.41) is 9.32. The van der Waals surface area contributed by atoms with E-state index >= 15 is 0 Å². The van der Waals surface area contributed by atoms with Crippen molar-refractivity contribution in [3.05, 3.63) is 76.2 Å². The van der Waals surface area contributed by atoms with Gasteiger partial charge < -0.3 is 14.1 Å². The molecule has 0 amide bonds. The number of halogens is 1. The fraction of sp³-hybridized carbons (Fsp3) is 0.158. The van der Waals surface area contributed by atoms with Crippen LogP contribution in [0.15, 0.2) is 63.5 Å². The third-order valence-corrected chi connectivity index (χ3v) is 4.07. The van der Waals surface area contributed by atoms with E-state index < -0.39 is 0 Å². The molecule has 0 aliphatic rings. The fourth-order valence-electron chi connectivity index (χ4n) is 2.35. The van der Waals surface area contributed by atoms with E-state index in [2.05, 4.69) is 27.0 Å². The van der Waals surface area contributed by atoms with Crippen molar-refractivity contribution in [1.82, 2.24) is 4.98 Å². The number of rotatable bonds is 6. The highest BCUT2D eigenvalue weighted by Crippen LogP contribution is 2.23. The average Bonchev–Trinajstić information content (AvgIpc) is 3.06. The van der Waals surface area contributed by atoms with Crippen LogP contribution in [0.5, 0.6) is 5.75 Å². The summed E-state index contributed by atoms with van der Waals surface area (Å²) < 4.78 is 12.4. The number of hydrogen-bond donors (Lipinski definition) is 0. The lowest BCUT2D eigenvalue weighted by molar-refractivity contribution is 0.263. The minimum Gasteiger partial charge on any atom is -0.484 e. The van der Waals surface area contributed by atoms with Crippen LogP contribution in [0.2, 0.25) is 0 Å². The van der Waals surface area contributed by atoms with E-state index in [-0.39, 0.29) is 12.3 Å². The molecular weight excluding hydrogens is 382 g/mol. The molecule has 0 atom stereocenters. The quantitative estimate of drug-likeness (QED) is 0.611. The highest BCUT2D eigenvalue weighted by atomic mass is 79.9. The van der Waals surface area contributed by atoms with Crippen LogP contribution in [0.3, 0.4) is 0 Å². The predicted molar refractivity (Wildman–Crippen MR) is 98.2 cm³/mol. The zero-order valence-corrected chi connectivity index (χ0v) is 15.2. The van der Waals surface area contributed by atoms with E-state index in [1.54, 1.807) is 0 Å². The van der Waals surface area contributed by atoms with Gasteiger partial charge in [0.1, 0.15) is 11.8 Å². The standard InChI is InChI=1S/C19H16BrN3O2/c1-23(12-14-5-3-2-4-6-14)19-17(11-21)22-18(25-19)13-24-16-9-7-15(20)8-10-16/h2-10H,12-13H2,1H3. The summed E-state index contributed by atoms with van der Waals surface area (Å²) in [6.07, 6.45) is 0.